The number of carbonyl (C=O) groups excluding carboxylic acids is 1. The summed E-state index contributed by atoms with van der Waals surface area (Å²) in [4.78, 5) is 31.1. The van der Waals surface area contributed by atoms with Gasteiger partial charge in [0, 0.05) is 43.1 Å². The van der Waals surface area contributed by atoms with Crippen molar-refractivity contribution in [2.45, 2.75) is 83.9 Å². The van der Waals surface area contributed by atoms with Gasteiger partial charge < -0.3 is 20.0 Å². The molecule has 2 heterocycles. The van der Waals surface area contributed by atoms with Gasteiger partial charge >= 0.3 is 6.09 Å². The lowest BCUT2D eigenvalue weighted by Gasteiger charge is -2.42. The van der Waals surface area contributed by atoms with Crippen molar-refractivity contribution < 1.29 is 19.8 Å². The average Bonchev–Trinajstić information content (AvgIpc) is 3.04. The fraction of sp³-hybridized carbons (Fsp3) is 0.680. The zero-order valence-electron chi connectivity index (χ0n) is 19.6. The first kappa shape index (κ1) is 22.9. The van der Waals surface area contributed by atoms with E-state index in [-0.39, 0.29) is 23.6 Å². The van der Waals surface area contributed by atoms with Gasteiger partial charge in [0.15, 0.2) is 0 Å². The second kappa shape index (κ2) is 8.93. The normalized spacial score (nSPS) is 28.6. The van der Waals surface area contributed by atoms with Crippen molar-refractivity contribution in [2.24, 2.45) is 5.41 Å². The van der Waals surface area contributed by atoms with Crippen LogP contribution in [-0.4, -0.2) is 64.9 Å². The predicted octanol–water partition coefficient (Wildman–Crippen LogP) is 4.01. The number of hydrogen-bond donors (Lipinski definition) is 2. The van der Waals surface area contributed by atoms with Gasteiger partial charge in [0.2, 0.25) is 5.91 Å². The summed E-state index contributed by atoms with van der Waals surface area (Å²) in [5.41, 5.74) is 2.50. The Morgan fingerprint density at radius 1 is 1.16 bits per heavy atom. The molecule has 1 spiro atoms. The number of carboxylic acid groups (broad SMARTS) is 1. The Bertz CT molecular complexity index is 865. The third kappa shape index (κ3) is 4.19. The highest BCUT2D eigenvalue weighted by Crippen LogP contribution is 2.44. The van der Waals surface area contributed by atoms with Gasteiger partial charge in [0.1, 0.15) is 0 Å². The number of amides is 2. The summed E-state index contributed by atoms with van der Waals surface area (Å²) in [5, 5.41) is 19.4. The fourth-order valence-electron chi connectivity index (χ4n) is 6.06. The van der Waals surface area contributed by atoms with Crippen LogP contribution in [0.5, 0.6) is 0 Å². The van der Waals surface area contributed by atoms with E-state index in [1.165, 1.54) is 4.90 Å². The highest BCUT2D eigenvalue weighted by Gasteiger charge is 2.50. The van der Waals surface area contributed by atoms with Crippen molar-refractivity contribution in [1.82, 2.24) is 4.90 Å². The molecule has 7 heteroatoms. The van der Waals surface area contributed by atoms with Gasteiger partial charge in [0.05, 0.1) is 11.5 Å². The first-order valence-corrected chi connectivity index (χ1v) is 12.1. The maximum absolute atomic E-state index is 13.6. The molecule has 1 aliphatic carbocycles. The monoisotopic (exact) mass is 443 g/mol. The number of likely N-dealkylation sites (tertiary alicyclic amines) is 1. The molecule has 1 saturated carbocycles. The molecule has 2 N–H and O–H groups in total. The van der Waals surface area contributed by atoms with E-state index in [0.717, 1.165) is 75.8 Å². The van der Waals surface area contributed by atoms with E-state index in [9.17, 15) is 19.8 Å². The van der Waals surface area contributed by atoms with E-state index >= 15 is 0 Å². The van der Waals surface area contributed by atoms with Gasteiger partial charge in [-0.1, -0.05) is 0 Å². The van der Waals surface area contributed by atoms with E-state index < -0.39 is 6.09 Å². The number of hydrogen-bond acceptors (Lipinski definition) is 4. The second-order valence-electron chi connectivity index (χ2n) is 10.2. The predicted molar refractivity (Wildman–Crippen MR) is 125 cm³/mol. The van der Waals surface area contributed by atoms with E-state index in [2.05, 4.69) is 9.80 Å². The maximum Gasteiger partial charge on any atom is 0.412 e. The minimum atomic E-state index is -0.948. The Hall–Kier alpha value is -2.28. The van der Waals surface area contributed by atoms with Crippen LogP contribution in [0.2, 0.25) is 0 Å². The summed E-state index contributed by atoms with van der Waals surface area (Å²) in [7, 11) is 0. The van der Waals surface area contributed by atoms with Crippen LogP contribution >= 0.6 is 0 Å². The SMILES string of the molecule is Cc1cc(N(C(=O)O)C(C)C)ccc1N1CCC[C@]2(CCN([C@H]3CC[C@H](O)CC3)C2=O)C1. The number of nitrogens with zero attached hydrogens (tertiary/aromatic N) is 3. The molecule has 0 aromatic heterocycles. The van der Waals surface area contributed by atoms with Gasteiger partial charge in [-0.05, 0) is 89.5 Å². The molecule has 2 amide bonds. The lowest BCUT2D eigenvalue weighted by Crippen LogP contribution is -2.50. The van der Waals surface area contributed by atoms with Crippen molar-refractivity contribution >= 4 is 23.4 Å². The quantitative estimate of drug-likeness (QED) is 0.735. The summed E-state index contributed by atoms with van der Waals surface area (Å²) >= 11 is 0. The molecule has 176 valence electrons. The van der Waals surface area contributed by atoms with Crippen LogP contribution < -0.4 is 9.80 Å². The van der Waals surface area contributed by atoms with E-state index in [4.69, 9.17) is 0 Å². The highest BCUT2D eigenvalue weighted by molar-refractivity contribution is 5.88. The molecule has 3 aliphatic rings. The molecule has 1 aromatic carbocycles. The molecule has 32 heavy (non-hydrogen) atoms. The van der Waals surface area contributed by atoms with Gasteiger partial charge in [-0.15, -0.1) is 0 Å². The first-order valence-electron chi connectivity index (χ1n) is 12.1. The van der Waals surface area contributed by atoms with Crippen LogP contribution in [0.15, 0.2) is 18.2 Å². The topological polar surface area (TPSA) is 84.3 Å². The van der Waals surface area contributed by atoms with Crippen LogP contribution in [-0.2, 0) is 4.79 Å². The van der Waals surface area contributed by atoms with Crippen LogP contribution in [0.3, 0.4) is 0 Å². The molecule has 3 fully saturated rings. The maximum atomic E-state index is 13.6. The molecule has 2 aliphatic heterocycles. The summed E-state index contributed by atoms with van der Waals surface area (Å²) < 4.78 is 0. The van der Waals surface area contributed by atoms with Gasteiger partial charge in [-0.3, -0.25) is 9.69 Å². The van der Waals surface area contributed by atoms with Gasteiger partial charge in [-0.2, -0.15) is 0 Å². The molecule has 7 nitrogen and oxygen atoms in total. The lowest BCUT2D eigenvalue weighted by molar-refractivity contribution is -0.139. The van der Waals surface area contributed by atoms with Crippen LogP contribution in [0.4, 0.5) is 16.2 Å². The minimum absolute atomic E-state index is 0.140. The third-order valence-corrected chi connectivity index (χ3v) is 7.75. The lowest BCUT2D eigenvalue weighted by atomic mass is 9.78. The molecule has 0 bridgehead atoms. The van der Waals surface area contributed by atoms with E-state index in [1.807, 2.05) is 39.0 Å². The summed E-state index contributed by atoms with van der Waals surface area (Å²) in [6.45, 7) is 8.23. The van der Waals surface area contributed by atoms with Crippen molar-refractivity contribution in [3.63, 3.8) is 0 Å². The molecular weight excluding hydrogens is 406 g/mol. The second-order valence-corrected chi connectivity index (χ2v) is 10.2. The average molecular weight is 444 g/mol. The Balaban J connectivity index is 1.51. The number of aryl methyl sites for hydroxylation is 1. The number of benzene rings is 1. The molecule has 4 rings (SSSR count). The van der Waals surface area contributed by atoms with Crippen molar-refractivity contribution in [2.75, 3.05) is 29.4 Å². The largest absolute Gasteiger partial charge is 0.465 e. The summed E-state index contributed by atoms with van der Waals surface area (Å²) in [6.07, 6.45) is 5.07. The number of carbonyl (C=O) groups is 2. The number of rotatable bonds is 4. The number of anilines is 2. The molecule has 2 saturated heterocycles. The summed E-state index contributed by atoms with van der Waals surface area (Å²) in [6, 6.07) is 5.98. The Kier molecular flexibility index (Phi) is 6.39. The van der Waals surface area contributed by atoms with Crippen LogP contribution in [0, 0.1) is 12.3 Å². The van der Waals surface area contributed by atoms with E-state index in [0.29, 0.717) is 11.6 Å². The minimum Gasteiger partial charge on any atom is -0.465 e. The molecule has 0 unspecified atom stereocenters. The Morgan fingerprint density at radius 2 is 1.88 bits per heavy atom. The van der Waals surface area contributed by atoms with Crippen molar-refractivity contribution in [1.29, 1.82) is 0 Å². The third-order valence-electron chi connectivity index (χ3n) is 7.75. The van der Waals surface area contributed by atoms with E-state index in [1.54, 1.807) is 0 Å². The highest BCUT2D eigenvalue weighted by atomic mass is 16.4. The molecule has 1 aromatic rings. The zero-order chi connectivity index (χ0) is 23.0. The Morgan fingerprint density at radius 3 is 2.50 bits per heavy atom. The molecule has 0 radical (unpaired) electrons. The molecule has 1 atom stereocenters. The van der Waals surface area contributed by atoms with Crippen molar-refractivity contribution in [3.8, 4) is 0 Å². The molecular formula is C25H37N3O4. The standard InChI is InChI=1S/C25H37N3O4/c1-17(2)28(24(31)32)20-7-10-22(18(3)15-20)26-13-4-11-25(16-26)12-14-27(23(25)30)19-5-8-21(29)9-6-19/h7,10,15,17,19,21,29H,4-6,8-9,11-14,16H2,1-3H3,(H,31,32)/t19-,21-,25-/m0/s1. The zero-order valence-corrected chi connectivity index (χ0v) is 19.6. The smallest absolute Gasteiger partial charge is 0.412 e. The number of aliphatic hydroxyl groups excluding tert-OH is 1. The first-order chi connectivity index (χ1) is 15.2. The fourth-order valence-corrected chi connectivity index (χ4v) is 6.06. The van der Waals surface area contributed by atoms with Crippen LogP contribution in [0.25, 0.3) is 0 Å². The number of aliphatic hydroxyl groups is 1. The van der Waals surface area contributed by atoms with Crippen molar-refractivity contribution in [3.05, 3.63) is 23.8 Å². The number of piperidine rings is 1. The Labute approximate surface area is 191 Å². The van der Waals surface area contributed by atoms with Gasteiger partial charge in [-0.25, -0.2) is 4.79 Å². The van der Waals surface area contributed by atoms with Crippen LogP contribution in [0.1, 0.15) is 64.4 Å². The van der Waals surface area contributed by atoms with Gasteiger partial charge in [0.25, 0.3) is 0 Å². The summed E-state index contributed by atoms with van der Waals surface area (Å²) in [5.74, 6) is 0.301.